The molecule has 2 fully saturated rings. The Hall–Kier alpha value is -0.860. The lowest BCUT2D eigenvalue weighted by atomic mass is 9.88. The summed E-state index contributed by atoms with van der Waals surface area (Å²) in [5.41, 5.74) is 2.41. The Balaban J connectivity index is 1.65. The number of β-amino-alcohol motifs (C(OH)–C–C–N with tert-alkyl or cyclic N) is 1. The second-order valence-corrected chi connectivity index (χ2v) is 6.37. The first-order chi connectivity index (χ1) is 9.19. The van der Waals surface area contributed by atoms with E-state index < -0.39 is 0 Å². The molecular weight excluding hydrogens is 234 g/mol. The Kier molecular flexibility index (Phi) is 3.64. The third-order valence-electron chi connectivity index (χ3n) is 4.72. The molecule has 1 aromatic carbocycles. The highest BCUT2D eigenvalue weighted by Gasteiger charge is 2.45. The van der Waals surface area contributed by atoms with Crippen LogP contribution in [0.1, 0.15) is 43.7 Å². The Labute approximate surface area is 116 Å². The summed E-state index contributed by atoms with van der Waals surface area (Å²) in [6, 6.07) is 8.88. The van der Waals surface area contributed by atoms with E-state index in [1.54, 1.807) is 0 Å². The van der Waals surface area contributed by atoms with Crippen LogP contribution in [-0.2, 0) is 13.0 Å². The summed E-state index contributed by atoms with van der Waals surface area (Å²) in [5.74, 6) is 0.581. The van der Waals surface area contributed by atoms with Crippen LogP contribution in [0, 0.1) is 5.92 Å². The fraction of sp³-hybridized carbons (Fsp3) is 0.647. The van der Waals surface area contributed by atoms with Crippen molar-refractivity contribution in [1.29, 1.82) is 0 Å². The zero-order chi connectivity index (χ0) is 13.3. The zero-order valence-electron chi connectivity index (χ0n) is 11.9. The number of hydrogen-bond acceptors (Lipinski definition) is 2. The van der Waals surface area contributed by atoms with Gasteiger partial charge in [-0.3, -0.25) is 4.90 Å². The average molecular weight is 259 g/mol. The van der Waals surface area contributed by atoms with Gasteiger partial charge in [0.05, 0.1) is 5.60 Å². The molecule has 2 nitrogen and oxygen atoms in total. The van der Waals surface area contributed by atoms with Gasteiger partial charge < -0.3 is 5.11 Å². The van der Waals surface area contributed by atoms with Crippen LogP contribution < -0.4 is 0 Å². The molecule has 0 amide bonds. The number of aliphatic hydroxyl groups is 1. The lowest BCUT2D eigenvalue weighted by molar-refractivity contribution is -0.0501. The second-order valence-electron chi connectivity index (χ2n) is 6.37. The van der Waals surface area contributed by atoms with E-state index >= 15 is 0 Å². The first-order valence-corrected chi connectivity index (χ1v) is 7.72. The molecule has 19 heavy (non-hydrogen) atoms. The molecule has 104 valence electrons. The minimum atomic E-state index is -0.388. The summed E-state index contributed by atoms with van der Waals surface area (Å²) in [6.07, 6.45) is 5.70. The number of likely N-dealkylation sites (tertiary alicyclic amines) is 1. The van der Waals surface area contributed by atoms with Gasteiger partial charge in [0.1, 0.15) is 0 Å². The summed E-state index contributed by atoms with van der Waals surface area (Å²) in [5, 5.41) is 10.7. The molecule has 0 bridgehead atoms. The van der Waals surface area contributed by atoms with Crippen LogP contribution in [0.15, 0.2) is 24.3 Å². The van der Waals surface area contributed by atoms with Crippen molar-refractivity contribution in [2.45, 2.75) is 51.2 Å². The molecule has 1 atom stereocenters. The molecule has 1 aromatic rings. The smallest absolute Gasteiger partial charge is 0.0802 e. The van der Waals surface area contributed by atoms with Crippen molar-refractivity contribution >= 4 is 0 Å². The van der Waals surface area contributed by atoms with Crippen molar-refractivity contribution in [3.05, 3.63) is 35.4 Å². The second kappa shape index (κ2) is 5.26. The van der Waals surface area contributed by atoms with Crippen LogP contribution in [0.3, 0.4) is 0 Å². The number of hydrogen-bond donors (Lipinski definition) is 1. The van der Waals surface area contributed by atoms with E-state index in [0.717, 1.165) is 38.9 Å². The first-order valence-electron chi connectivity index (χ1n) is 7.72. The summed E-state index contributed by atoms with van der Waals surface area (Å²) in [7, 11) is 0. The van der Waals surface area contributed by atoms with Crippen molar-refractivity contribution < 1.29 is 5.11 Å². The minimum Gasteiger partial charge on any atom is -0.388 e. The highest BCUT2D eigenvalue weighted by Crippen LogP contribution is 2.44. The maximum absolute atomic E-state index is 10.7. The van der Waals surface area contributed by atoms with Crippen LogP contribution in [-0.4, -0.2) is 28.7 Å². The van der Waals surface area contributed by atoms with E-state index in [9.17, 15) is 5.11 Å². The fourth-order valence-electron chi connectivity index (χ4n) is 3.45. The van der Waals surface area contributed by atoms with Gasteiger partial charge >= 0.3 is 0 Å². The molecule has 3 rings (SSSR count). The van der Waals surface area contributed by atoms with Crippen LogP contribution >= 0.6 is 0 Å². The zero-order valence-corrected chi connectivity index (χ0v) is 11.9. The van der Waals surface area contributed by atoms with Gasteiger partial charge in [-0.15, -0.1) is 0 Å². The van der Waals surface area contributed by atoms with E-state index in [-0.39, 0.29) is 5.60 Å². The Morgan fingerprint density at radius 2 is 2.11 bits per heavy atom. The van der Waals surface area contributed by atoms with E-state index in [4.69, 9.17) is 0 Å². The molecule has 1 aliphatic carbocycles. The Morgan fingerprint density at radius 3 is 2.84 bits per heavy atom. The number of piperidine rings is 1. The molecule has 1 aliphatic heterocycles. The largest absolute Gasteiger partial charge is 0.388 e. The quantitative estimate of drug-likeness (QED) is 0.898. The molecule has 1 N–H and O–H groups in total. The van der Waals surface area contributed by atoms with Gasteiger partial charge in [0.2, 0.25) is 0 Å². The fourth-order valence-corrected chi connectivity index (χ4v) is 3.45. The predicted molar refractivity (Wildman–Crippen MR) is 78.0 cm³/mol. The van der Waals surface area contributed by atoms with Crippen molar-refractivity contribution in [1.82, 2.24) is 4.90 Å². The third-order valence-corrected chi connectivity index (χ3v) is 4.72. The lowest BCUT2D eigenvalue weighted by Crippen LogP contribution is -2.49. The Bertz CT molecular complexity index is 441. The van der Waals surface area contributed by atoms with Gasteiger partial charge in [-0.05, 0) is 55.7 Å². The number of aryl methyl sites for hydroxylation is 1. The van der Waals surface area contributed by atoms with E-state index in [1.807, 2.05) is 0 Å². The van der Waals surface area contributed by atoms with Crippen LogP contribution in [0.5, 0.6) is 0 Å². The molecule has 2 aliphatic rings. The third kappa shape index (κ3) is 3.01. The topological polar surface area (TPSA) is 23.5 Å². The van der Waals surface area contributed by atoms with Gasteiger partial charge in [0, 0.05) is 13.1 Å². The van der Waals surface area contributed by atoms with Gasteiger partial charge in [0.15, 0.2) is 0 Å². The SMILES string of the molecule is CCc1cccc(CN2CCCC(O)(C3CC3)C2)c1. The van der Waals surface area contributed by atoms with Gasteiger partial charge in [-0.1, -0.05) is 31.2 Å². The Morgan fingerprint density at radius 1 is 1.32 bits per heavy atom. The molecule has 1 heterocycles. The molecule has 2 heteroatoms. The highest BCUT2D eigenvalue weighted by atomic mass is 16.3. The molecule has 0 aromatic heterocycles. The summed E-state index contributed by atoms with van der Waals surface area (Å²) < 4.78 is 0. The molecular formula is C17H25NO. The minimum absolute atomic E-state index is 0.388. The average Bonchev–Trinajstić information content (AvgIpc) is 3.24. The van der Waals surface area contributed by atoms with Gasteiger partial charge in [-0.2, -0.15) is 0 Å². The number of nitrogens with zero attached hydrogens (tertiary/aromatic N) is 1. The highest BCUT2D eigenvalue weighted by molar-refractivity contribution is 5.23. The normalized spacial score (nSPS) is 28.5. The lowest BCUT2D eigenvalue weighted by Gasteiger charge is -2.39. The molecule has 0 spiro atoms. The van der Waals surface area contributed by atoms with Crippen molar-refractivity contribution in [3.8, 4) is 0 Å². The maximum atomic E-state index is 10.7. The monoisotopic (exact) mass is 259 g/mol. The summed E-state index contributed by atoms with van der Waals surface area (Å²) in [4.78, 5) is 2.44. The maximum Gasteiger partial charge on any atom is 0.0802 e. The van der Waals surface area contributed by atoms with Crippen molar-refractivity contribution in [3.63, 3.8) is 0 Å². The standard InChI is InChI=1S/C17H25NO/c1-2-14-5-3-6-15(11-14)12-18-10-4-9-17(19,13-18)16-7-8-16/h3,5-6,11,16,19H,2,4,7-10,12-13H2,1H3. The molecule has 1 saturated heterocycles. The van der Waals surface area contributed by atoms with Crippen LogP contribution in [0.25, 0.3) is 0 Å². The van der Waals surface area contributed by atoms with Gasteiger partial charge in [-0.25, -0.2) is 0 Å². The number of rotatable bonds is 4. The summed E-state index contributed by atoms with van der Waals surface area (Å²) >= 11 is 0. The van der Waals surface area contributed by atoms with E-state index in [2.05, 4.69) is 36.1 Å². The summed E-state index contributed by atoms with van der Waals surface area (Å²) in [6.45, 7) is 5.19. The van der Waals surface area contributed by atoms with E-state index in [1.165, 1.54) is 24.0 Å². The van der Waals surface area contributed by atoms with Crippen LogP contribution in [0.4, 0.5) is 0 Å². The van der Waals surface area contributed by atoms with Crippen molar-refractivity contribution in [2.24, 2.45) is 5.92 Å². The predicted octanol–water partition coefficient (Wildman–Crippen LogP) is 2.99. The number of benzene rings is 1. The van der Waals surface area contributed by atoms with Gasteiger partial charge in [0.25, 0.3) is 0 Å². The van der Waals surface area contributed by atoms with Crippen molar-refractivity contribution in [2.75, 3.05) is 13.1 Å². The first kappa shape index (κ1) is 13.1. The van der Waals surface area contributed by atoms with Crippen LogP contribution in [0.2, 0.25) is 0 Å². The van der Waals surface area contributed by atoms with E-state index in [0.29, 0.717) is 5.92 Å². The molecule has 1 unspecified atom stereocenters. The molecule has 0 radical (unpaired) electrons. The molecule has 1 saturated carbocycles.